The van der Waals surface area contributed by atoms with Crippen molar-refractivity contribution in [2.45, 2.75) is 57.2 Å². The van der Waals surface area contributed by atoms with Crippen molar-refractivity contribution >= 4 is 9.84 Å². The summed E-state index contributed by atoms with van der Waals surface area (Å²) in [7, 11) is -2.80. The van der Waals surface area contributed by atoms with E-state index in [0.29, 0.717) is 23.7 Å². The average molecular weight is 261 g/mol. The SMILES string of the molecule is CCC1CC(NC2CCCS(=O)(=O)C2)CCO1. The monoisotopic (exact) mass is 261 g/mol. The summed E-state index contributed by atoms with van der Waals surface area (Å²) < 4.78 is 28.7. The predicted octanol–water partition coefficient (Wildman–Crippen LogP) is 1.11. The zero-order valence-corrected chi connectivity index (χ0v) is 11.3. The zero-order chi connectivity index (χ0) is 12.3. The van der Waals surface area contributed by atoms with Gasteiger partial charge >= 0.3 is 0 Å². The third-order valence-corrected chi connectivity index (χ3v) is 5.58. The Kier molecular flexibility index (Phi) is 4.44. The quantitative estimate of drug-likeness (QED) is 0.827. The van der Waals surface area contributed by atoms with Crippen LogP contribution in [0, 0.1) is 0 Å². The van der Waals surface area contributed by atoms with E-state index in [1.807, 2.05) is 0 Å². The highest BCUT2D eigenvalue weighted by Gasteiger charge is 2.28. The van der Waals surface area contributed by atoms with Gasteiger partial charge in [0, 0.05) is 18.7 Å². The van der Waals surface area contributed by atoms with E-state index >= 15 is 0 Å². The first-order valence-electron chi connectivity index (χ1n) is 6.67. The molecule has 17 heavy (non-hydrogen) atoms. The lowest BCUT2D eigenvalue weighted by molar-refractivity contribution is -0.00174. The summed E-state index contributed by atoms with van der Waals surface area (Å²) in [5, 5.41) is 3.52. The van der Waals surface area contributed by atoms with Gasteiger partial charge in [0.05, 0.1) is 17.6 Å². The largest absolute Gasteiger partial charge is 0.378 e. The molecule has 3 atom stereocenters. The summed E-state index contributed by atoms with van der Waals surface area (Å²) in [4.78, 5) is 0. The normalized spacial score (nSPS) is 37.8. The molecule has 100 valence electrons. The standard InChI is InChI=1S/C12H23NO3S/c1-2-12-8-10(5-6-16-12)13-11-4-3-7-17(14,15)9-11/h10-13H,2-9H2,1H3. The molecule has 2 aliphatic heterocycles. The molecule has 0 saturated carbocycles. The molecule has 2 saturated heterocycles. The second-order valence-electron chi connectivity index (χ2n) is 5.24. The van der Waals surface area contributed by atoms with Crippen LogP contribution in [-0.4, -0.2) is 44.7 Å². The van der Waals surface area contributed by atoms with Crippen LogP contribution in [-0.2, 0) is 14.6 Å². The van der Waals surface area contributed by atoms with Gasteiger partial charge in [-0.15, -0.1) is 0 Å². The Morgan fingerprint density at radius 1 is 1.29 bits per heavy atom. The molecule has 2 rings (SSSR count). The van der Waals surface area contributed by atoms with Gasteiger partial charge < -0.3 is 10.1 Å². The zero-order valence-electron chi connectivity index (χ0n) is 10.5. The highest BCUT2D eigenvalue weighted by molar-refractivity contribution is 7.91. The average Bonchev–Trinajstić information content (AvgIpc) is 2.28. The fourth-order valence-corrected chi connectivity index (χ4v) is 4.45. The van der Waals surface area contributed by atoms with Gasteiger partial charge in [0.25, 0.3) is 0 Å². The molecule has 0 aromatic heterocycles. The molecule has 2 fully saturated rings. The number of hydrogen-bond donors (Lipinski definition) is 1. The molecule has 1 N–H and O–H groups in total. The lowest BCUT2D eigenvalue weighted by Gasteiger charge is -2.33. The fraction of sp³-hybridized carbons (Fsp3) is 1.00. The number of rotatable bonds is 3. The third-order valence-electron chi connectivity index (χ3n) is 3.76. The lowest BCUT2D eigenvalue weighted by atomic mass is 10.00. The summed E-state index contributed by atoms with van der Waals surface area (Å²) >= 11 is 0. The molecule has 0 aromatic carbocycles. The smallest absolute Gasteiger partial charge is 0.151 e. The molecule has 0 aromatic rings. The van der Waals surface area contributed by atoms with E-state index in [2.05, 4.69) is 12.2 Å². The molecule has 0 amide bonds. The van der Waals surface area contributed by atoms with Crippen LogP contribution in [0.15, 0.2) is 0 Å². The Labute approximate surface area is 104 Å². The van der Waals surface area contributed by atoms with Crippen molar-refractivity contribution in [1.82, 2.24) is 5.32 Å². The number of hydrogen-bond acceptors (Lipinski definition) is 4. The van der Waals surface area contributed by atoms with Crippen molar-refractivity contribution in [3.8, 4) is 0 Å². The third kappa shape index (κ3) is 3.93. The molecule has 0 aliphatic carbocycles. The highest BCUT2D eigenvalue weighted by Crippen LogP contribution is 2.19. The maximum Gasteiger partial charge on any atom is 0.151 e. The minimum atomic E-state index is -2.80. The molecule has 0 spiro atoms. The van der Waals surface area contributed by atoms with Crippen molar-refractivity contribution in [3.63, 3.8) is 0 Å². The first-order valence-corrected chi connectivity index (χ1v) is 8.49. The Hall–Kier alpha value is -0.130. The summed E-state index contributed by atoms with van der Waals surface area (Å²) in [5.74, 6) is 0.692. The van der Waals surface area contributed by atoms with Crippen LogP contribution in [0.25, 0.3) is 0 Å². The Morgan fingerprint density at radius 3 is 2.82 bits per heavy atom. The van der Waals surface area contributed by atoms with Gasteiger partial charge in [0.1, 0.15) is 0 Å². The molecule has 5 heteroatoms. The minimum Gasteiger partial charge on any atom is -0.378 e. The highest BCUT2D eigenvalue weighted by atomic mass is 32.2. The number of nitrogens with one attached hydrogen (secondary N) is 1. The number of ether oxygens (including phenoxy) is 1. The van der Waals surface area contributed by atoms with Crippen molar-refractivity contribution in [2.24, 2.45) is 0 Å². The number of sulfone groups is 1. The summed E-state index contributed by atoms with van der Waals surface area (Å²) in [5.41, 5.74) is 0. The van der Waals surface area contributed by atoms with Gasteiger partial charge in [-0.2, -0.15) is 0 Å². The van der Waals surface area contributed by atoms with Crippen LogP contribution in [0.1, 0.15) is 39.0 Å². The van der Waals surface area contributed by atoms with Gasteiger partial charge in [-0.1, -0.05) is 6.92 Å². The summed E-state index contributed by atoms with van der Waals surface area (Å²) in [6, 6.07) is 0.598. The van der Waals surface area contributed by atoms with Crippen molar-refractivity contribution in [3.05, 3.63) is 0 Å². The van der Waals surface area contributed by atoms with Crippen LogP contribution in [0.4, 0.5) is 0 Å². The van der Waals surface area contributed by atoms with Gasteiger partial charge in [-0.25, -0.2) is 8.42 Å². The van der Waals surface area contributed by atoms with E-state index < -0.39 is 9.84 Å². The van der Waals surface area contributed by atoms with Gasteiger partial charge in [-0.05, 0) is 32.1 Å². The van der Waals surface area contributed by atoms with Crippen molar-refractivity contribution < 1.29 is 13.2 Å². The van der Waals surface area contributed by atoms with E-state index in [0.717, 1.165) is 38.7 Å². The Balaban J connectivity index is 1.84. The topological polar surface area (TPSA) is 55.4 Å². The van der Waals surface area contributed by atoms with Crippen LogP contribution in [0.3, 0.4) is 0 Å². The van der Waals surface area contributed by atoms with E-state index in [1.54, 1.807) is 0 Å². The first kappa shape index (κ1) is 13.3. The first-order chi connectivity index (χ1) is 8.09. The van der Waals surface area contributed by atoms with Crippen molar-refractivity contribution in [1.29, 1.82) is 0 Å². The second kappa shape index (κ2) is 5.67. The van der Waals surface area contributed by atoms with Crippen molar-refractivity contribution in [2.75, 3.05) is 18.1 Å². The van der Waals surface area contributed by atoms with E-state index in [4.69, 9.17) is 4.74 Å². The minimum absolute atomic E-state index is 0.161. The predicted molar refractivity (Wildman–Crippen MR) is 67.9 cm³/mol. The Morgan fingerprint density at radius 2 is 2.12 bits per heavy atom. The van der Waals surface area contributed by atoms with E-state index in [1.165, 1.54) is 0 Å². The van der Waals surface area contributed by atoms with Crippen LogP contribution < -0.4 is 5.32 Å². The van der Waals surface area contributed by atoms with Crippen LogP contribution in [0.2, 0.25) is 0 Å². The molecule has 2 aliphatic rings. The molecule has 2 heterocycles. The molecule has 3 unspecified atom stereocenters. The van der Waals surface area contributed by atoms with E-state index in [9.17, 15) is 8.42 Å². The second-order valence-corrected chi connectivity index (χ2v) is 7.47. The summed E-state index contributed by atoms with van der Waals surface area (Å²) in [6.07, 6.45) is 5.22. The van der Waals surface area contributed by atoms with Crippen LogP contribution in [0.5, 0.6) is 0 Å². The van der Waals surface area contributed by atoms with Gasteiger partial charge in [0.15, 0.2) is 9.84 Å². The molecular formula is C12H23NO3S. The molecular weight excluding hydrogens is 238 g/mol. The molecule has 0 radical (unpaired) electrons. The van der Waals surface area contributed by atoms with E-state index in [-0.39, 0.29) is 6.04 Å². The fourth-order valence-electron chi connectivity index (χ4n) is 2.80. The van der Waals surface area contributed by atoms with Crippen LogP contribution >= 0.6 is 0 Å². The maximum atomic E-state index is 11.6. The molecule has 4 nitrogen and oxygen atoms in total. The summed E-state index contributed by atoms with van der Waals surface area (Å²) in [6.45, 7) is 2.94. The molecule has 0 bridgehead atoms. The maximum absolute atomic E-state index is 11.6. The Bertz CT molecular complexity index is 342. The lowest BCUT2D eigenvalue weighted by Crippen LogP contribution is -2.48. The van der Waals surface area contributed by atoms with Gasteiger partial charge in [-0.3, -0.25) is 0 Å². The van der Waals surface area contributed by atoms with Gasteiger partial charge in [0.2, 0.25) is 0 Å².